The fourth-order valence-electron chi connectivity index (χ4n) is 7.80. The summed E-state index contributed by atoms with van der Waals surface area (Å²) < 4.78 is 23.3. The molecule has 1 saturated heterocycles. The van der Waals surface area contributed by atoms with Gasteiger partial charge in [0.25, 0.3) is 11.8 Å². The van der Waals surface area contributed by atoms with E-state index in [2.05, 4.69) is 37.5 Å². The highest BCUT2D eigenvalue weighted by Gasteiger charge is 2.66. The number of fused-ring (bicyclic) bond motifs is 2. The number of aliphatic hydroxyl groups excluding tert-OH is 1. The van der Waals surface area contributed by atoms with Gasteiger partial charge in [-0.15, -0.1) is 0 Å². The number of anilines is 2. The molecule has 6 rings (SSSR count). The molecule has 2 N–H and O–H groups in total. The lowest BCUT2D eigenvalue weighted by atomic mass is 9.82. The van der Waals surface area contributed by atoms with E-state index < -0.39 is 13.7 Å². The average Bonchev–Trinajstić information content (AvgIpc) is 3.55. The Morgan fingerprint density at radius 3 is 2.06 bits per heavy atom. The van der Waals surface area contributed by atoms with Gasteiger partial charge in [-0.3, -0.25) is 9.59 Å². The second-order valence-electron chi connectivity index (χ2n) is 13.3. The number of benzene rings is 4. The van der Waals surface area contributed by atoms with Crippen LogP contribution in [0.15, 0.2) is 91.0 Å². The van der Waals surface area contributed by atoms with Gasteiger partial charge in [-0.05, 0) is 84.3 Å². The van der Waals surface area contributed by atoms with Crippen molar-refractivity contribution in [3.63, 3.8) is 0 Å². The molecule has 1 spiro atoms. The molecule has 9 nitrogen and oxygen atoms in total. The Bertz CT molecular complexity index is 1810. The quantitative estimate of drug-likeness (QED) is 0.184. The van der Waals surface area contributed by atoms with E-state index in [0.29, 0.717) is 35.7 Å². The van der Waals surface area contributed by atoms with Crippen LogP contribution in [0.25, 0.3) is 0 Å². The molecule has 0 bridgehead atoms. The van der Waals surface area contributed by atoms with Gasteiger partial charge in [0, 0.05) is 29.3 Å². The van der Waals surface area contributed by atoms with Crippen molar-refractivity contribution in [2.75, 3.05) is 38.2 Å². The lowest BCUT2D eigenvalue weighted by Crippen LogP contribution is -2.51. The zero-order valence-corrected chi connectivity index (χ0v) is 29.9. The van der Waals surface area contributed by atoms with Gasteiger partial charge in [0.05, 0.1) is 47.7 Å². The Labute approximate surface area is 288 Å². The molecule has 0 radical (unpaired) electrons. The lowest BCUT2D eigenvalue weighted by molar-refractivity contribution is -0.146. The number of rotatable bonds is 11. The maximum absolute atomic E-state index is 14.9. The van der Waals surface area contributed by atoms with Gasteiger partial charge in [0.1, 0.15) is 17.2 Å². The molecule has 1 fully saturated rings. The highest BCUT2D eigenvalue weighted by molar-refractivity contribution is 6.91. The fourth-order valence-corrected chi connectivity index (χ4v) is 11.9. The molecule has 0 unspecified atom stereocenters. The minimum absolute atomic E-state index is 0.0320. The number of nitrogens with zero attached hydrogens (tertiary/aromatic N) is 1. The number of aliphatic hydroxyl groups is 1. The summed E-state index contributed by atoms with van der Waals surface area (Å²) in [5.41, 5.74) is 2.43. The summed E-state index contributed by atoms with van der Waals surface area (Å²) >= 11 is 0. The number of amides is 2. The van der Waals surface area contributed by atoms with Gasteiger partial charge in [0.15, 0.2) is 5.60 Å². The first kappa shape index (κ1) is 34.2. The van der Waals surface area contributed by atoms with Crippen LogP contribution in [0.4, 0.5) is 11.4 Å². The first-order chi connectivity index (χ1) is 23.6. The standard InChI is InChI=1S/C39H44N2O7Si/c1-25-36(49(5,6)32-18-15-30(46-3)16-19-32)35(21-22-42)48-39(25)33-23-31(47-4)17-20-34(33)41(38(39)44)24-26-7-11-28(12-8-26)40-37(43)27-9-13-29(45-2)14-10-27/h7-20,23,25,35-36,42H,21-22,24H2,1-6H3,(H,40,43)/t25-,35+,36-,39+/m0/s1. The van der Waals surface area contributed by atoms with Crippen molar-refractivity contribution >= 4 is 36.4 Å². The number of carbonyl (C=O) groups excluding carboxylic acids is 2. The van der Waals surface area contributed by atoms with E-state index in [0.717, 1.165) is 22.6 Å². The highest BCUT2D eigenvalue weighted by atomic mass is 28.3. The molecule has 4 aromatic rings. The minimum atomic E-state index is -2.29. The van der Waals surface area contributed by atoms with Gasteiger partial charge in [-0.2, -0.15) is 0 Å². The number of nitrogens with one attached hydrogen (secondary N) is 1. The van der Waals surface area contributed by atoms with Crippen molar-refractivity contribution in [2.24, 2.45) is 5.92 Å². The molecule has 2 heterocycles. The number of hydrogen-bond donors (Lipinski definition) is 2. The van der Waals surface area contributed by atoms with Crippen LogP contribution in [-0.2, 0) is 21.7 Å². The molecule has 49 heavy (non-hydrogen) atoms. The van der Waals surface area contributed by atoms with E-state index in [1.165, 1.54) is 5.19 Å². The molecule has 0 aromatic heterocycles. The smallest absolute Gasteiger partial charge is 0.264 e. The van der Waals surface area contributed by atoms with E-state index in [4.69, 9.17) is 18.9 Å². The van der Waals surface area contributed by atoms with E-state index >= 15 is 0 Å². The Kier molecular flexibility index (Phi) is 9.57. The molecule has 256 valence electrons. The summed E-state index contributed by atoms with van der Waals surface area (Å²) in [5.74, 6) is 1.59. The third kappa shape index (κ3) is 6.09. The zero-order chi connectivity index (χ0) is 34.9. The van der Waals surface area contributed by atoms with Crippen LogP contribution < -0.4 is 29.6 Å². The van der Waals surface area contributed by atoms with Crippen molar-refractivity contribution in [3.05, 3.63) is 108 Å². The molecule has 2 amide bonds. The summed E-state index contributed by atoms with van der Waals surface area (Å²) in [5, 5.41) is 14.4. The summed E-state index contributed by atoms with van der Waals surface area (Å²) in [6.07, 6.45) is 0.111. The van der Waals surface area contributed by atoms with Crippen LogP contribution in [-0.4, -0.2) is 59.0 Å². The summed E-state index contributed by atoms with van der Waals surface area (Å²) in [6, 6.07) is 28.4. The van der Waals surface area contributed by atoms with Crippen molar-refractivity contribution in [3.8, 4) is 17.2 Å². The van der Waals surface area contributed by atoms with E-state index in [9.17, 15) is 14.7 Å². The van der Waals surface area contributed by atoms with Crippen molar-refractivity contribution in [1.82, 2.24) is 0 Å². The first-order valence-corrected chi connectivity index (χ1v) is 19.6. The van der Waals surface area contributed by atoms with Crippen LogP contribution >= 0.6 is 0 Å². The van der Waals surface area contributed by atoms with E-state index in [1.807, 2.05) is 54.6 Å². The predicted molar refractivity (Wildman–Crippen MR) is 193 cm³/mol. The third-order valence-electron chi connectivity index (χ3n) is 10.4. The normalized spacial score (nSPS) is 21.5. The molecule has 4 atom stereocenters. The lowest BCUT2D eigenvalue weighted by Gasteiger charge is -2.37. The van der Waals surface area contributed by atoms with E-state index in [-0.39, 0.29) is 36.0 Å². The number of ether oxygens (including phenoxy) is 4. The maximum atomic E-state index is 14.9. The largest absolute Gasteiger partial charge is 0.497 e. The van der Waals surface area contributed by atoms with Crippen LogP contribution in [0, 0.1) is 5.92 Å². The molecular weight excluding hydrogens is 637 g/mol. The van der Waals surface area contributed by atoms with Gasteiger partial charge in [-0.25, -0.2) is 0 Å². The van der Waals surface area contributed by atoms with Gasteiger partial charge >= 0.3 is 0 Å². The summed E-state index contributed by atoms with van der Waals surface area (Å²) in [7, 11) is 2.57. The Morgan fingerprint density at radius 1 is 0.878 bits per heavy atom. The number of hydrogen-bond acceptors (Lipinski definition) is 7. The fraction of sp³-hybridized carbons (Fsp3) is 0.333. The Hall–Kier alpha value is -4.64. The molecule has 4 aromatic carbocycles. The van der Waals surface area contributed by atoms with E-state index in [1.54, 1.807) is 50.5 Å². The van der Waals surface area contributed by atoms with Crippen LogP contribution in [0.3, 0.4) is 0 Å². The van der Waals surface area contributed by atoms with Gasteiger partial charge in [-0.1, -0.05) is 49.5 Å². The molecule has 0 saturated carbocycles. The molecule has 2 aliphatic heterocycles. The minimum Gasteiger partial charge on any atom is -0.497 e. The van der Waals surface area contributed by atoms with Crippen molar-refractivity contribution < 1.29 is 33.6 Å². The van der Waals surface area contributed by atoms with Crippen molar-refractivity contribution in [2.45, 2.75) is 50.2 Å². The average molecular weight is 681 g/mol. The number of carbonyl (C=O) groups is 2. The van der Waals surface area contributed by atoms with Gasteiger partial charge < -0.3 is 34.3 Å². The Balaban J connectivity index is 1.30. The number of methoxy groups -OCH3 is 3. The first-order valence-electron chi connectivity index (χ1n) is 16.6. The molecule has 10 heteroatoms. The van der Waals surface area contributed by atoms with Gasteiger partial charge in [0.2, 0.25) is 0 Å². The third-order valence-corrected chi connectivity index (χ3v) is 14.7. The molecular formula is C39H44N2O7Si. The van der Waals surface area contributed by atoms with Crippen molar-refractivity contribution in [1.29, 1.82) is 0 Å². The van der Waals surface area contributed by atoms with Crippen LogP contribution in [0.5, 0.6) is 17.2 Å². The Morgan fingerprint density at radius 2 is 1.47 bits per heavy atom. The second-order valence-corrected chi connectivity index (χ2v) is 18.0. The maximum Gasteiger partial charge on any atom is 0.264 e. The monoisotopic (exact) mass is 680 g/mol. The SMILES string of the molecule is COc1ccc(C(=O)Nc2ccc(CN3C(=O)[C@]4(O[C@H](CCO)[C@@H]([Si](C)(C)c5ccc(OC)cc5)[C@@H]4C)c4cc(OC)ccc43)cc2)cc1. The summed E-state index contributed by atoms with van der Waals surface area (Å²) in [4.78, 5) is 29.5. The highest BCUT2D eigenvalue weighted by Crippen LogP contribution is 2.60. The predicted octanol–water partition coefficient (Wildman–Crippen LogP) is 6.11. The molecule has 2 aliphatic rings. The zero-order valence-electron chi connectivity index (χ0n) is 28.9. The second kappa shape index (κ2) is 13.7. The van der Waals surface area contributed by atoms with Crippen LogP contribution in [0.1, 0.15) is 34.8 Å². The summed E-state index contributed by atoms with van der Waals surface area (Å²) in [6.45, 7) is 7.05. The topological polar surface area (TPSA) is 107 Å². The van der Waals surface area contributed by atoms with Crippen LogP contribution in [0.2, 0.25) is 18.6 Å². The molecule has 0 aliphatic carbocycles.